The molecule has 0 radical (unpaired) electrons. The lowest BCUT2D eigenvalue weighted by Crippen LogP contribution is -2.21. The number of amides is 1. The predicted molar refractivity (Wildman–Crippen MR) is 104 cm³/mol. The van der Waals surface area contributed by atoms with E-state index in [2.05, 4.69) is 15.6 Å². The van der Waals surface area contributed by atoms with Gasteiger partial charge >= 0.3 is 0 Å². The van der Waals surface area contributed by atoms with Crippen LogP contribution in [-0.4, -0.2) is 36.9 Å². The van der Waals surface area contributed by atoms with Crippen molar-refractivity contribution in [1.29, 1.82) is 0 Å². The summed E-state index contributed by atoms with van der Waals surface area (Å²) in [6.45, 7) is 3.82. The van der Waals surface area contributed by atoms with Crippen LogP contribution in [0.1, 0.15) is 27.9 Å². The molecule has 6 nitrogen and oxygen atoms in total. The maximum atomic E-state index is 12.6. The molecule has 1 amide bonds. The molecule has 1 aromatic carbocycles. The molecule has 1 fully saturated rings. The van der Waals surface area contributed by atoms with Crippen LogP contribution in [-0.2, 0) is 9.84 Å². The van der Waals surface area contributed by atoms with Crippen LogP contribution in [0, 0.1) is 13.8 Å². The average Bonchev–Trinajstić information content (AvgIpc) is 2.89. The van der Waals surface area contributed by atoms with E-state index in [0.29, 0.717) is 28.5 Å². The molecule has 2 N–H and O–H groups in total. The number of nitrogens with zero attached hydrogens (tertiary/aromatic N) is 1. The third-order valence-corrected chi connectivity index (χ3v) is 6.34. The molecule has 1 unspecified atom stereocenters. The molecule has 1 aliphatic heterocycles. The Bertz CT molecular complexity index is 937. The van der Waals surface area contributed by atoms with E-state index in [9.17, 15) is 13.2 Å². The highest BCUT2D eigenvalue weighted by Gasteiger charge is 2.28. The zero-order valence-corrected chi connectivity index (χ0v) is 16.1. The highest BCUT2D eigenvalue weighted by atomic mass is 35.5. The van der Waals surface area contributed by atoms with Gasteiger partial charge in [-0.3, -0.25) is 4.79 Å². The van der Waals surface area contributed by atoms with Crippen molar-refractivity contribution in [3.63, 3.8) is 0 Å². The van der Waals surface area contributed by atoms with Crippen molar-refractivity contribution in [1.82, 2.24) is 4.98 Å². The number of aromatic nitrogens is 1. The summed E-state index contributed by atoms with van der Waals surface area (Å²) in [6.07, 6.45) is 2.06. The molecule has 1 aliphatic rings. The van der Waals surface area contributed by atoms with Crippen molar-refractivity contribution in [3.8, 4) is 0 Å². The molecule has 8 heteroatoms. The minimum Gasteiger partial charge on any atom is -0.366 e. The molecule has 0 spiro atoms. The molecule has 2 heterocycles. The van der Waals surface area contributed by atoms with Crippen LogP contribution in [0.15, 0.2) is 30.5 Å². The van der Waals surface area contributed by atoms with Crippen molar-refractivity contribution in [2.45, 2.75) is 26.3 Å². The van der Waals surface area contributed by atoms with Gasteiger partial charge in [0.15, 0.2) is 9.84 Å². The number of benzene rings is 1. The molecule has 0 saturated carbocycles. The highest BCUT2D eigenvalue weighted by Crippen LogP contribution is 2.28. The van der Waals surface area contributed by atoms with E-state index in [1.54, 1.807) is 18.2 Å². The average molecular weight is 394 g/mol. The number of rotatable bonds is 4. The maximum Gasteiger partial charge on any atom is 0.255 e. The molecule has 1 saturated heterocycles. The third kappa shape index (κ3) is 4.34. The number of sulfone groups is 1. The van der Waals surface area contributed by atoms with E-state index in [1.165, 1.54) is 6.20 Å². The van der Waals surface area contributed by atoms with Crippen LogP contribution >= 0.6 is 11.6 Å². The molecule has 0 aliphatic carbocycles. The largest absolute Gasteiger partial charge is 0.366 e. The van der Waals surface area contributed by atoms with Gasteiger partial charge in [0.05, 0.1) is 22.2 Å². The Morgan fingerprint density at radius 1 is 1.27 bits per heavy atom. The standard InChI is InChI=1S/C18H20ClN3O3S/c1-11-7-12(2)17(15(19)8-11)22-18(23)13-3-5-20-16(9-13)21-14-4-6-26(24,25)10-14/h3,5,7-9,14H,4,6,10H2,1-2H3,(H,20,21)(H,22,23). The molecule has 2 aromatic rings. The molecular formula is C18H20ClN3O3S. The Morgan fingerprint density at radius 3 is 2.69 bits per heavy atom. The van der Waals surface area contributed by atoms with E-state index in [1.807, 2.05) is 19.9 Å². The summed E-state index contributed by atoms with van der Waals surface area (Å²) in [5, 5.41) is 6.41. The zero-order valence-electron chi connectivity index (χ0n) is 14.5. The second kappa shape index (κ2) is 7.25. The number of hydrogen-bond donors (Lipinski definition) is 2. The number of anilines is 2. The van der Waals surface area contributed by atoms with E-state index >= 15 is 0 Å². The summed E-state index contributed by atoms with van der Waals surface area (Å²) in [5.41, 5.74) is 2.90. The van der Waals surface area contributed by atoms with E-state index in [0.717, 1.165) is 11.1 Å². The fraction of sp³-hybridized carbons (Fsp3) is 0.333. The van der Waals surface area contributed by atoms with Crippen LogP contribution in [0.5, 0.6) is 0 Å². The number of aryl methyl sites for hydroxylation is 2. The summed E-state index contributed by atoms with van der Waals surface area (Å²) in [6, 6.07) is 6.77. The van der Waals surface area contributed by atoms with Crippen molar-refractivity contribution in [2.24, 2.45) is 0 Å². The van der Waals surface area contributed by atoms with Gasteiger partial charge < -0.3 is 10.6 Å². The van der Waals surface area contributed by atoms with Crippen LogP contribution in [0.4, 0.5) is 11.5 Å². The lowest BCUT2D eigenvalue weighted by molar-refractivity contribution is 0.102. The van der Waals surface area contributed by atoms with Crippen molar-refractivity contribution in [3.05, 3.63) is 52.2 Å². The van der Waals surface area contributed by atoms with Crippen LogP contribution in [0.25, 0.3) is 0 Å². The fourth-order valence-electron chi connectivity index (χ4n) is 3.03. The van der Waals surface area contributed by atoms with Gasteiger partial charge in [-0.25, -0.2) is 13.4 Å². The van der Waals surface area contributed by atoms with Crippen LogP contribution in [0.3, 0.4) is 0 Å². The van der Waals surface area contributed by atoms with Crippen molar-refractivity contribution in [2.75, 3.05) is 22.1 Å². The monoisotopic (exact) mass is 393 g/mol. The summed E-state index contributed by atoms with van der Waals surface area (Å²) in [5.74, 6) is 0.439. The highest BCUT2D eigenvalue weighted by molar-refractivity contribution is 7.91. The Balaban J connectivity index is 1.75. The van der Waals surface area contributed by atoms with Gasteiger partial charge in [-0.15, -0.1) is 0 Å². The second-order valence-electron chi connectivity index (χ2n) is 6.57. The van der Waals surface area contributed by atoms with Gasteiger partial charge in [0.1, 0.15) is 5.82 Å². The van der Waals surface area contributed by atoms with Crippen molar-refractivity contribution >= 4 is 38.9 Å². The van der Waals surface area contributed by atoms with E-state index < -0.39 is 9.84 Å². The summed E-state index contributed by atoms with van der Waals surface area (Å²) < 4.78 is 23.1. The molecule has 1 atom stereocenters. The quantitative estimate of drug-likeness (QED) is 0.832. The SMILES string of the molecule is Cc1cc(C)c(NC(=O)c2ccnc(NC3CCS(=O)(=O)C3)c2)c(Cl)c1. The Hall–Kier alpha value is -2.12. The topological polar surface area (TPSA) is 88.2 Å². The third-order valence-electron chi connectivity index (χ3n) is 4.28. The molecule has 1 aromatic heterocycles. The summed E-state index contributed by atoms with van der Waals surface area (Å²) in [7, 11) is -2.98. The van der Waals surface area contributed by atoms with Crippen LogP contribution < -0.4 is 10.6 Å². The number of halogens is 1. The Morgan fingerprint density at radius 2 is 2.04 bits per heavy atom. The molecular weight excluding hydrogens is 374 g/mol. The van der Waals surface area contributed by atoms with Gasteiger partial charge in [-0.1, -0.05) is 17.7 Å². The molecule has 26 heavy (non-hydrogen) atoms. The second-order valence-corrected chi connectivity index (χ2v) is 9.20. The Kier molecular flexibility index (Phi) is 5.20. The zero-order chi connectivity index (χ0) is 18.9. The summed E-state index contributed by atoms with van der Waals surface area (Å²) in [4.78, 5) is 16.7. The van der Waals surface area contributed by atoms with Crippen LogP contribution in [0.2, 0.25) is 5.02 Å². The number of nitrogens with one attached hydrogen (secondary N) is 2. The van der Waals surface area contributed by atoms with Gasteiger partial charge in [0, 0.05) is 17.8 Å². The lowest BCUT2D eigenvalue weighted by Gasteiger charge is -2.14. The summed E-state index contributed by atoms with van der Waals surface area (Å²) >= 11 is 6.24. The number of carbonyl (C=O) groups excluding carboxylic acids is 1. The first-order chi connectivity index (χ1) is 12.2. The van der Waals surface area contributed by atoms with Gasteiger partial charge in [-0.05, 0) is 49.6 Å². The molecule has 3 rings (SSSR count). The molecule has 138 valence electrons. The van der Waals surface area contributed by atoms with Gasteiger partial charge in [-0.2, -0.15) is 0 Å². The first-order valence-corrected chi connectivity index (χ1v) is 10.4. The predicted octanol–water partition coefficient (Wildman–Crippen LogP) is 3.20. The number of pyridine rings is 1. The number of hydrogen-bond acceptors (Lipinski definition) is 5. The van der Waals surface area contributed by atoms with Gasteiger partial charge in [0.2, 0.25) is 0 Å². The minimum atomic E-state index is -2.98. The fourth-order valence-corrected chi connectivity index (χ4v) is 5.07. The Labute approximate surface area is 157 Å². The molecule has 0 bridgehead atoms. The smallest absolute Gasteiger partial charge is 0.255 e. The first kappa shape index (κ1) is 18.7. The minimum absolute atomic E-state index is 0.0866. The lowest BCUT2D eigenvalue weighted by atomic mass is 10.1. The number of carbonyl (C=O) groups is 1. The first-order valence-electron chi connectivity index (χ1n) is 8.24. The van der Waals surface area contributed by atoms with E-state index in [-0.39, 0.29) is 23.5 Å². The van der Waals surface area contributed by atoms with Crippen molar-refractivity contribution < 1.29 is 13.2 Å². The normalized spacial score (nSPS) is 18.5. The van der Waals surface area contributed by atoms with E-state index in [4.69, 9.17) is 11.6 Å². The maximum absolute atomic E-state index is 12.6. The van der Waals surface area contributed by atoms with Gasteiger partial charge in [0.25, 0.3) is 5.91 Å².